The van der Waals surface area contributed by atoms with Gasteiger partial charge in [-0.3, -0.25) is 4.79 Å². The molecule has 0 N–H and O–H groups in total. The van der Waals surface area contributed by atoms with Crippen LogP contribution in [-0.2, 0) is 9.53 Å². The van der Waals surface area contributed by atoms with Crippen LogP contribution in [0.2, 0.25) is 0 Å². The molecule has 4 rings (SSSR count). The van der Waals surface area contributed by atoms with Crippen LogP contribution in [0.1, 0.15) is 66.2 Å². The molecule has 0 radical (unpaired) electrons. The molecule has 0 aromatic heterocycles. The van der Waals surface area contributed by atoms with Gasteiger partial charge in [0.25, 0.3) is 0 Å². The molecular weight excluding hydrogens is 348 g/mol. The van der Waals surface area contributed by atoms with Crippen LogP contribution in [0.15, 0.2) is 12.2 Å². The molecule has 3 fully saturated rings. The summed E-state index contributed by atoms with van der Waals surface area (Å²) in [7, 11) is 0. The lowest BCUT2D eigenvalue weighted by Crippen LogP contribution is -2.63. The van der Waals surface area contributed by atoms with Gasteiger partial charge in [0.15, 0.2) is 5.78 Å². The number of thioether (sulfide) groups is 1. The van der Waals surface area contributed by atoms with Crippen molar-refractivity contribution < 1.29 is 9.53 Å². The average Bonchev–Trinajstić information content (AvgIpc) is 2.55. The summed E-state index contributed by atoms with van der Waals surface area (Å²) in [4.78, 5) is 11.5. The minimum atomic E-state index is 0.173. The van der Waals surface area contributed by atoms with Gasteiger partial charge in [0, 0.05) is 12.3 Å². The van der Waals surface area contributed by atoms with Crippen LogP contribution >= 0.6 is 24.0 Å². The lowest BCUT2D eigenvalue weighted by molar-refractivity contribution is -0.205. The van der Waals surface area contributed by atoms with Gasteiger partial charge in [-0.2, -0.15) is 0 Å². The third-order valence-electron chi connectivity index (χ3n) is 7.60. The number of ether oxygens (including phenoxy) is 1. The Morgan fingerprint density at radius 2 is 2.04 bits per heavy atom. The van der Waals surface area contributed by atoms with E-state index >= 15 is 0 Å². The first kappa shape index (κ1) is 19.4. The Labute approximate surface area is 162 Å². The molecular formula is C21H32O2S2. The number of ketones is 1. The highest BCUT2D eigenvalue weighted by atomic mass is 32.2. The summed E-state index contributed by atoms with van der Waals surface area (Å²) in [6.07, 6.45) is 12.7. The zero-order valence-electron chi connectivity index (χ0n) is 16.3. The van der Waals surface area contributed by atoms with Crippen molar-refractivity contribution in [2.75, 3.05) is 6.26 Å². The van der Waals surface area contributed by atoms with E-state index in [-0.39, 0.29) is 17.3 Å². The molecule has 0 saturated heterocycles. The van der Waals surface area contributed by atoms with Crippen molar-refractivity contribution in [1.82, 2.24) is 0 Å². The molecule has 0 unspecified atom stereocenters. The van der Waals surface area contributed by atoms with E-state index in [4.69, 9.17) is 17.0 Å². The fourth-order valence-electron chi connectivity index (χ4n) is 5.74. The first-order valence-electron chi connectivity index (χ1n) is 9.56. The largest absolute Gasteiger partial charge is 0.475 e. The standard InChI is InChI=1S/C21H32O2S2/c1-19(2)15-12-17(19)21(4,13-16(15)23-18(24)25-5)11-10-20(3)8-6-14(22)7-9-20/h6,8,15-17H,7,9-13H2,1-5H3/t15-,16+,17-,20-,21+/m1/s1. The highest BCUT2D eigenvalue weighted by molar-refractivity contribution is 8.22. The van der Waals surface area contributed by atoms with Crippen LogP contribution in [0, 0.1) is 28.1 Å². The zero-order chi connectivity index (χ0) is 18.5. The maximum absolute atomic E-state index is 11.5. The van der Waals surface area contributed by atoms with Gasteiger partial charge >= 0.3 is 0 Å². The van der Waals surface area contributed by atoms with E-state index in [9.17, 15) is 4.79 Å². The first-order valence-corrected chi connectivity index (χ1v) is 11.2. The average molecular weight is 381 g/mol. The number of carbonyl (C=O) groups excluding carboxylic acids is 1. The minimum Gasteiger partial charge on any atom is -0.475 e. The second kappa shape index (κ2) is 6.67. The molecule has 3 saturated carbocycles. The van der Waals surface area contributed by atoms with Gasteiger partial charge in [-0.25, -0.2) is 0 Å². The van der Waals surface area contributed by atoms with Crippen molar-refractivity contribution in [2.24, 2.45) is 28.1 Å². The number of allylic oxidation sites excluding steroid dienone is 2. The van der Waals surface area contributed by atoms with E-state index < -0.39 is 0 Å². The molecule has 2 bridgehead atoms. The van der Waals surface area contributed by atoms with E-state index in [0.29, 0.717) is 27.6 Å². The number of rotatable bonds is 4. The molecule has 4 heteroatoms. The third-order valence-corrected chi connectivity index (χ3v) is 8.62. The monoisotopic (exact) mass is 380 g/mol. The number of fused-ring (bicyclic) bond motifs is 2. The Morgan fingerprint density at radius 1 is 1.32 bits per heavy atom. The molecule has 4 aliphatic rings. The molecule has 140 valence electrons. The molecule has 0 aromatic rings. The topological polar surface area (TPSA) is 26.3 Å². The summed E-state index contributed by atoms with van der Waals surface area (Å²) in [6.45, 7) is 9.62. The SMILES string of the molecule is CSC(=S)O[C@H]1C[C@](C)(CC[C@]2(C)C=CC(=O)CC2)[C@@H]2C[C@H]1C2(C)C. The summed E-state index contributed by atoms with van der Waals surface area (Å²) in [5, 5.41) is 0. The second-order valence-corrected chi connectivity index (χ2v) is 11.0. The molecule has 0 spiro atoms. The van der Waals surface area contributed by atoms with E-state index in [1.165, 1.54) is 12.8 Å². The van der Waals surface area contributed by atoms with Crippen LogP contribution in [0.3, 0.4) is 0 Å². The van der Waals surface area contributed by atoms with Gasteiger partial charge in [-0.1, -0.05) is 45.5 Å². The summed E-state index contributed by atoms with van der Waals surface area (Å²) in [6, 6.07) is 0. The predicted octanol–water partition coefficient (Wildman–Crippen LogP) is 5.80. The highest BCUT2D eigenvalue weighted by Gasteiger charge is 2.63. The lowest BCUT2D eigenvalue weighted by atomic mass is 9.39. The van der Waals surface area contributed by atoms with Crippen molar-refractivity contribution in [3.63, 3.8) is 0 Å². The Balaban J connectivity index is 1.72. The summed E-state index contributed by atoms with van der Waals surface area (Å²) in [5.41, 5.74) is 0.812. The van der Waals surface area contributed by atoms with Crippen molar-refractivity contribution in [3.05, 3.63) is 12.2 Å². The van der Waals surface area contributed by atoms with Crippen LogP contribution in [0.25, 0.3) is 0 Å². The van der Waals surface area contributed by atoms with Gasteiger partial charge in [-0.05, 0) is 78.8 Å². The van der Waals surface area contributed by atoms with Crippen LogP contribution in [-0.4, -0.2) is 22.5 Å². The quantitative estimate of drug-likeness (QED) is 0.576. The maximum Gasteiger partial charge on any atom is 0.219 e. The molecule has 5 atom stereocenters. The van der Waals surface area contributed by atoms with Crippen LogP contribution in [0.5, 0.6) is 0 Å². The van der Waals surface area contributed by atoms with Crippen LogP contribution < -0.4 is 0 Å². The molecule has 2 nitrogen and oxygen atoms in total. The third kappa shape index (κ3) is 3.58. The van der Waals surface area contributed by atoms with Crippen molar-refractivity contribution in [1.29, 1.82) is 0 Å². The predicted molar refractivity (Wildman–Crippen MR) is 110 cm³/mol. The number of hydrogen-bond acceptors (Lipinski definition) is 4. The molecule has 4 aliphatic carbocycles. The van der Waals surface area contributed by atoms with Crippen molar-refractivity contribution in [2.45, 2.75) is 72.3 Å². The Morgan fingerprint density at radius 3 is 2.60 bits per heavy atom. The summed E-state index contributed by atoms with van der Waals surface area (Å²) in [5.74, 6) is 1.69. The zero-order valence-corrected chi connectivity index (χ0v) is 17.9. The van der Waals surface area contributed by atoms with Gasteiger partial charge in [-0.15, -0.1) is 0 Å². The molecule has 0 amide bonds. The normalized spacial score (nSPS) is 42.0. The maximum atomic E-state index is 11.5. The smallest absolute Gasteiger partial charge is 0.219 e. The minimum absolute atomic E-state index is 0.173. The molecule has 25 heavy (non-hydrogen) atoms. The van der Waals surface area contributed by atoms with E-state index in [1.807, 2.05) is 6.26 Å². The number of carbonyl (C=O) groups is 1. The Hall–Kier alpha value is -0.350. The molecule has 0 aliphatic heterocycles. The van der Waals surface area contributed by atoms with Crippen molar-refractivity contribution >= 4 is 34.1 Å². The number of hydrogen-bond donors (Lipinski definition) is 0. The first-order chi connectivity index (χ1) is 11.6. The summed E-state index contributed by atoms with van der Waals surface area (Å²) < 4.78 is 6.88. The van der Waals surface area contributed by atoms with E-state index in [0.717, 1.165) is 25.2 Å². The highest BCUT2D eigenvalue weighted by Crippen LogP contribution is 2.68. The van der Waals surface area contributed by atoms with Gasteiger partial charge in [0.1, 0.15) is 6.10 Å². The summed E-state index contributed by atoms with van der Waals surface area (Å²) >= 11 is 6.89. The van der Waals surface area contributed by atoms with E-state index in [1.54, 1.807) is 17.8 Å². The molecule has 0 heterocycles. The Bertz CT molecular complexity index is 597. The fraction of sp³-hybridized carbons (Fsp3) is 0.810. The fourth-order valence-corrected chi connectivity index (χ4v) is 6.08. The van der Waals surface area contributed by atoms with Gasteiger partial charge in [0.05, 0.1) is 0 Å². The van der Waals surface area contributed by atoms with Gasteiger partial charge in [0.2, 0.25) is 4.38 Å². The Kier molecular flexibility index (Phi) is 5.18. The molecule has 0 aromatic carbocycles. The second-order valence-electron chi connectivity index (χ2n) is 9.64. The number of thiocarbonyl (C=S) groups is 1. The van der Waals surface area contributed by atoms with Crippen molar-refractivity contribution in [3.8, 4) is 0 Å². The lowest BCUT2D eigenvalue weighted by Gasteiger charge is -2.67. The van der Waals surface area contributed by atoms with E-state index in [2.05, 4.69) is 33.8 Å². The van der Waals surface area contributed by atoms with Crippen LogP contribution in [0.4, 0.5) is 0 Å². The van der Waals surface area contributed by atoms with Gasteiger partial charge < -0.3 is 4.74 Å².